The van der Waals surface area contributed by atoms with Crippen LogP contribution in [0.5, 0.6) is 0 Å². The number of carbonyl (C=O) groups excluding carboxylic acids is 1. The van der Waals surface area contributed by atoms with Crippen LogP contribution in [0, 0.1) is 6.92 Å². The zero-order chi connectivity index (χ0) is 22.7. The summed E-state index contributed by atoms with van der Waals surface area (Å²) in [5.74, 6) is 1.79. The van der Waals surface area contributed by atoms with Crippen LogP contribution in [0.3, 0.4) is 0 Å². The van der Waals surface area contributed by atoms with Crippen LogP contribution in [-0.2, 0) is 16.9 Å². The molecule has 2 N–H and O–H groups in total. The molecule has 0 saturated heterocycles. The highest BCUT2D eigenvalue weighted by Gasteiger charge is 2.21. The zero-order valence-electron chi connectivity index (χ0n) is 18.0. The molecule has 8 nitrogen and oxygen atoms in total. The molecule has 1 aromatic carbocycles. The number of aromatic nitrogens is 4. The lowest BCUT2D eigenvalue weighted by molar-refractivity contribution is 0.0531. The van der Waals surface area contributed by atoms with Gasteiger partial charge in [-0.15, -0.1) is 21.5 Å². The lowest BCUT2D eigenvalue weighted by Crippen LogP contribution is -2.03. The van der Waals surface area contributed by atoms with Gasteiger partial charge in [-0.05, 0) is 30.9 Å². The van der Waals surface area contributed by atoms with Gasteiger partial charge < -0.3 is 14.9 Å². The Bertz CT molecular complexity index is 1240. The molecule has 4 aromatic rings. The Morgan fingerprint density at radius 2 is 2.03 bits per heavy atom. The van der Waals surface area contributed by atoms with E-state index >= 15 is 0 Å². The summed E-state index contributed by atoms with van der Waals surface area (Å²) in [5.41, 5.74) is 8.14. The number of anilines is 1. The number of nitrogens with two attached hydrogens (primary N) is 1. The van der Waals surface area contributed by atoms with Crippen molar-refractivity contribution in [3.63, 3.8) is 0 Å². The summed E-state index contributed by atoms with van der Waals surface area (Å²) in [4.78, 5) is 22.3. The van der Waals surface area contributed by atoms with Crippen LogP contribution >= 0.6 is 23.1 Å². The molecule has 3 aromatic heterocycles. The molecule has 0 bridgehead atoms. The lowest BCUT2D eigenvalue weighted by Gasteiger charge is -2.08. The van der Waals surface area contributed by atoms with Gasteiger partial charge in [0.05, 0.1) is 17.7 Å². The molecule has 166 valence electrons. The Morgan fingerprint density at radius 3 is 2.78 bits per heavy atom. The van der Waals surface area contributed by atoms with Crippen molar-refractivity contribution in [2.24, 2.45) is 0 Å². The lowest BCUT2D eigenvalue weighted by atomic mass is 9.98. The number of rotatable bonds is 8. The summed E-state index contributed by atoms with van der Waals surface area (Å²) in [7, 11) is 0. The van der Waals surface area contributed by atoms with Crippen LogP contribution in [-0.4, -0.2) is 32.7 Å². The van der Waals surface area contributed by atoms with Crippen LogP contribution in [0.4, 0.5) is 5.82 Å². The zero-order valence-corrected chi connectivity index (χ0v) is 19.6. The molecule has 0 spiro atoms. The quantitative estimate of drug-likeness (QED) is 0.287. The topological polar surface area (TPSA) is 117 Å². The fourth-order valence-electron chi connectivity index (χ4n) is 3.34. The van der Waals surface area contributed by atoms with Gasteiger partial charge in [0.25, 0.3) is 5.22 Å². The summed E-state index contributed by atoms with van der Waals surface area (Å²) in [6.45, 7) is 6.04. The molecule has 0 amide bonds. The Hall–Kier alpha value is -2.98. The monoisotopic (exact) mass is 469 g/mol. The van der Waals surface area contributed by atoms with Crippen molar-refractivity contribution in [3.05, 3.63) is 58.1 Å². The summed E-state index contributed by atoms with van der Waals surface area (Å²) in [6.07, 6.45) is 0.665. The third-order valence-corrected chi connectivity index (χ3v) is 6.93. The van der Waals surface area contributed by atoms with Crippen LogP contribution < -0.4 is 5.73 Å². The average Bonchev–Trinajstić information content (AvgIpc) is 3.37. The second-order valence-electron chi connectivity index (χ2n) is 7.25. The molecular weight excluding hydrogens is 446 g/mol. The van der Waals surface area contributed by atoms with Gasteiger partial charge in [-0.1, -0.05) is 49.0 Å². The van der Waals surface area contributed by atoms with E-state index in [1.165, 1.54) is 28.7 Å². The minimum absolute atomic E-state index is 0.274. The number of esters is 1. The molecule has 1 unspecified atom stereocenters. The number of carbonyl (C=O) groups is 1. The maximum absolute atomic E-state index is 12.2. The number of benzene rings is 1. The van der Waals surface area contributed by atoms with Crippen LogP contribution in [0.15, 0.2) is 40.0 Å². The molecule has 0 radical (unpaired) electrons. The van der Waals surface area contributed by atoms with E-state index in [1.807, 2.05) is 25.1 Å². The minimum atomic E-state index is -0.369. The number of aryl methyl sites for hydroxylation is 1. The van der Waals surface area contributed by atoms with Crippen molar-refractivity contribution in [1.29, 1.82) is 0 Å². The van der Waals surface area contributed by atoms with E-state index in [-0.39, 0.29) is 11.9 Å². The van der Waals surface area contributed by atoms with E-state index in [0.29, 0.717) is 56.6 Å². The Kier molecular flexibility index (Phi) is 6.71. The number of thioether (sulfide) groups is 1. The molecule has 4 rings (SSSR count). The summed E-state index contributed by atoms with van der Waals surface area (Å²) < 4.78 is 10.9. The summed E-state index contributed by atoms with van der Waals surface area (Å²) >= 11 is 2.62. The van der Waals surface area contributed by atoms with Crippen molar-refractivity contribution < 1.29 is 13.9 Å². The molecule has 1 atom stereocenters. The fourth-order valence-corrected chi connectivity index (χ4v) is 5.08. The third kappa shape index (κ3) is 4.76. The van der Waals surface area contributed by atoms with Crippen molar-refractivity contribution in [2.75, 3.05) is 12.3 Å². The molecule has 0 fully saturated rings. The number of hydrogen-bond acceptors (Lipinski definition) is 10. The van der Waals surface area contributed by atoms with Crippen molar-refractivity contribution in [2.45, 2.75) is 44.1 Å². The highest BCUT2D eigenvalue weighted by atomic mass is 32.2. The van der Waals surface area contributed by atoms with Gasteiger partial charge in [-0.25, -0.2) is 14.8 Å². The smallest absolute Gasteiger partial charge is 0.348 e. The first-order valence-electron chi connectivity index (χ1n) is 10.2. The molecular formula is C22H23N5O3S2. The fraction of sp³-hybridized carbons (Fsp3) is 0.318. The SMILES string of the molecule is CCOC(=O)c1sc2nc(CSc3nnc(CC(C)c4ccccc4)o3)nc(N)c2c1C. The van der Waals surface area contributed by atoms with Gasteiger partial charge >= 0.3 is 5.97 Å². The highest BCUT2D eigenvalue weighted by Crippen LogP contribution is 2.34. The van der Waals surface area contributed by atoms with Crippen molar-refractivity contribution >= 4 is 45.1 Å². The minimum Gasteiger partial charge on any atom is -0.462 e. The maximum Gasteiger partial charge on any atom is 0.348 e. The molecule has 0 aliphatic rings. The molecule has 3 heterocycles. The summed E-state index contributed by atoms with van der Waals surface area (Å²) in [5, 5.41) is 9.44. The Labute approximate surface area is 193 Å². The standard InChI is InChI=1S/C22H23N5O3S2/c1-4-29-21(28)18-13(3)17-19(23)24-15(25-20(17)32-18)11-31-22-27-26-16(30-22)10-12(2)14-8-6-5-7-9-14/h5-9,12H,4,10-11H2,1-3H3,(H2,23,24,25). The second kappa shape index (κ2) is 9.66. The molecule has 10 heteroatoms. The van der Waals surface area contributed by atoms with Crippen LogP contribution in [0.25, 0.3) is 10.2 Å². The first-order valence-corrected chi connectivity index (χ1v) is 12.0. The third-order valence-electron chi connectivity index (χ3n) is 4.95. The van der Waals surface area contributed by atoms with Gasteiger partial charge in [-0.3, -0.25) is 0 Å². The predicted molar refractivity (Wildman–Crippen MR) is 125 cm³/mol. The maximum atomic E-state index is 12.2. The van der Waals surface area contributed by atoms with E-state index in [9.17, 15) is 4.79 Å². The second-order valence-corrected chi connectivity index (χ2v) is 9.17. The number of ether oxygens (including phenoxy) is 1. The van der Waals surface area contributed by atoms with Gasteiger partial charge in [0.1, 0.15) is 21.3 Å². The highest BCUT2D eigenvalue weighted by molar-refractivity contribution is 7.98. The normalized spacial score (nSPS) is 12.2. The number of hydrogen-bond donors (Lipinski definition) is 1. The van der Waals surface area contributed by atoms with E-state index in [4.69, 9.17) is 14.9 Å². The van der Waals surface area contributed by atoms with E-state index in [2.05, 4.69) is 39.2 Å². The largest absolute Gasteiger partial charge is 0.462 e. The van der Waals surface area contributed by atoms with Crippen LogP contribution in [0.2, 0.25) is 0 Å². The van der Waals surface area contributed by atoms with Gasteiger partial charge in [0.15, 0.2) is 0 Å². The first-order chi connectivity index (χ1) is 15.5. The van der Waals surface area contributed by atoms with Crippen LogP contribution in [0.1, 0.15) is 52.3 Å². The molecule has 0 aliphatic carbocycles. The Balaban J connectivity index is 1.45. The van der Waals surface area contributed by atoms with E-state index < -0.39 is 0 Å². The predicted octanol–water partition coefficient (Wildman–Crippen LogP) is 4.78. The number of fused-ring (bicyclic) bond motifs is 1. The van der Waals surface area contributed by atoms with E-state index in [1.54, 1.807) is 6.92 Å². The average molecular weight is 470 g/mol. The Morgan fingerprint density at radius 1 is 1.25 bits per heavy atom. The van der Waals surface area contributed by atoms with Gasteiger partial charge in [-0.2, -0.15) is 0 Å². The number of thiophene rings is 1. The number of nitrogen functional groups attached to an aromatic ring is 1. The summed E-state index contributed by atoms with van der Waals surface area (Å²) in [6, 6.07) is 10.2. The first kappa shape index (κ1) is 22.2. The van der Waals surface area contributed by atoms with E-state index in [0.717, 1.165) is 5.56 Å². The van der Waals surface area contributed by atoms with Gasteiger partial charge in [0, 0.05) is 6.42 Å². The molecule has 0 saturated carbocycles. The number of nitrogens with zero attached hydrogens (tertiary/aromatic N) is 4. The van der Waals surface area contributed by atoms with Crippen molar-refractivity contribution in [1.82, 2.24) is 20.2 Å². The van der Waals surface area contributed by atoms with Crippen molar-refractivity contribution in [3.8, 4) is 0 Å². The molecule has 0 aliphatic heterocycles. The van der Waals surface area contributed by atoms with Gasteiger partial charge in [0.2, 0.25) is 5.89 Å². The molecule has 32 heavy (non-hydrogen) atoms.